The van der Waals surface area contributed by atoms with Crippen molar-refractivity contribution in [3.63, 3.8) is 0 Å². The van der Waals surface area contributed by atoms with Gasteiger partial charge in [0.1, 0.15) is 6.26 Å². The van der Waals surface area contributed by atoms with E-state index in [2.05, 4.69) is 10.1 Å². The summed E-state index contributed by atoms with van der Waals surface area (Å²) < 4.78 is 6.22. The first kappa shape index (κ1) is 7.53. The molecule has 0 bridgehead atoms. The molecule has 13 heavy (non-hydrogen) atoms. The Kier molecular flexibility index (Phi) is 1.59. The molecule has 0 atom stereocenters. The number of hydrogen-bond acceptors (Lipinski definition) is 4. The number of carboxylic acids is 1. The zero-order chi connectivity index (χ0) is 9.26. The Bertz CT molecular complexity index is 418. The molecule has 0 spiro atoms. The Morgan fingerprint density at radius 1 is 1.62 bits per heavy atom. The second-order valence-corrected chi connectivity index (χ2v) is 2.27. The van der Waals surface area contributed by atoms with Crippen LogP contribution in [-0.4, -0.2) is 25.8 Å². The highest BCUT2D eigenvalue weighted by atomic mass is 16.4. The van der Waals surface area contributed by atoms with E-state index in [9.17, 15) is 4.79 Å². The van der Waals surface area contributed by atoms with Crippen LogP contribution in [0.3, 0.4) is 0 Å². The second-order valence-electron chi connectivity index (χ2n) is 2.27. The van der Waals surface area contributed by atoms with Crippen molar-refractivity contribution in [1.29, 1.82) is 0 Å². The zero-order valence-corrected chi connectivity index (χ0v) is 6.41. The standard InChI is InChI=1S/C7H5N3O3/c11-6(12)5-4-13-7(9-5)10-3-1-2-8-10/h1-4H,(H,11,12). The van der Waals surface area contributed by atoms with Crippen molar-refractivity contribution < 1.29 is 14.3 Å². The van der Waals surface area contributed by atoms with E-state index < -0.39 is 5.97 Å². The molecule has 0 amide bonds. The van der Waals surface area contributed by atoms with E-state index in [1.807, 2.05) is 0 Å². The Morgan fingerprint density at radius 2 is 2.46 bits per heavy atom. The highest BCUT2D eigenvalue weighted by molar-refractivity contribution is 5.84. The normalized spacial score (nSPS) is 10.2. The molecule has 0 unspecified atom stereocenters. The first-order valence-electron chi connectivity index (χ1n) is 3.46. The molecule has 0 aliphatic heterocycles. The van der Waals surface area contributed by atoms with Gasteiger partial charge in [0.05, 0.1) is 0 Å². The maximum atomic E-state index is 10.4. The molecule has 66 valence electrons. The molecule has 0 saturated carbocycles. The Labute approximate surface area is 72.4 Å². The number of carboxylic acid groups (broad SMARTS) is 1. The van der Waals surface area contributed by atoms with E-state index in [-0.39, 0.29) is 11.7 Å². The molecule has 2 rings (SSSR count). The molecule has 0 fully saturated rings. The summed E-state index contributed by atoms with van der Waals surface area (Å²) in [4.78, 5) is 14.1. The second kappa shape index (κ2) is 2.74. The Morgan fingerprint density at radius 3 is 3.00 bits per heavy atom. The number of nitrogens with zero attached hydrogens (tertiary/aromatic N) is 3. The number of carbonyl (C=O) groups is 1. The third kappa shape index (κ3) is 1.28. The molecule has 0 saturated heterocycles. The Hall–Kier alpha value is -2.11. The molecule has 2 aromatic heterocycles. The third-order valence-corrected chi connectivity index (χ3v) is 1.41. The van der Waals surface area contributed by atoms with Crippen molar-refractivity contribution in [2.24, 2.45) is 0 Å². The van der Waals surface area contributed by atoms with Gasteiger partial charge in [-0.3, -0.25) is 0 Å². The van der Waals surface area contributed by atoms with Gasteiger partial charge in [-0.2, -0.15) is 14.8 Å². The molecular weight excluding hydrogens is 174 g/mol. The van der Waals surface area contributed by atoms with Gasteiger partial charge in [0.2, 0.25) is 0 Å². The van der Waals surface area contributed by atoms with Gasteiger partial charge in [-0.1, -0.05) is 0 Å². The average Bonchev–Trinajstić information content (AvgIpc) is 2.75. The van der Waals surface area contributed by atoms with E-state index >= 15 is 0 Å². The van der Waals surface area contributed by atoms with Gasteiger partial charge in [0.15, 0.2) is 5.69 Å². The third-order valence-electron chi connectivity index (χ3n) is 1.41. The van der Waals surface area contributed by atoms with Gasteiger partial charge < -0.3 is 9.52 Å². The minimum atomic E-state index is -1.12. The van der Waals surface area contributed by atoms with Crippen LogP contribution in [0, 0.1) is 0 Å². The quantitative estimate of drug-likeness (QED) is 0.728. The summed E-state index contributed by atoms with van der Waals surface area (Å²) in [6.07, 6.45) is 4.22. The van der Waals surface area contributed by atoms with Gasteiger partial charge in [-0.15, -0.1) is 0 Å². The van der Waals surface area contributed by atoms with Gasteiger partial charge in [-0.05, 0) is 6.07 Å². The summed E-state index contributed by atoms with van der Waals surface area (Å²) in [6, 6.07) is 1.83. The van der Waals surface area contributed by atoms with E-state index in [1.54, 1.807) is 18.5 Å². The van der Waals surface area contributed by atoms with Crippen LogP contribution in [0.1, 0.15) is 10.5 Å². The van der Waals surface area contributed by atoms with Crippen molar-refractivity contribution in [2.75, 3.05) is 0 Å². The van der Waals surface area contributed by atoms with E-state index in [0.29, 0.717) is 0 Å². The number of aromatic nitrogens is 3. The largest absolute Gasteiger partial charge is 0.476 e. The molecule has 0 radical (unpaired) electrons. The summed E-state index contributed by atoms with van der Waals surface area (Å²) in [5.41, 5.74) is -0.134. The summed E-state index contributed by atoms with van der Waals surface area (Å²) in [7, 11) is 0. The molecule has 2 aromatic rings. The van der Waals surface area contributed by atoms with E-state index in [4.69, 9.17) is 9.52 Å². The topological polar surface area (TPSA) is 81.1 Å². The van der Waals surface area contributed by atoms with Crippen LogP contribution in [0.15, 0.2) is 29.1 Å². The molecule has 6 nitrogen and oxygen atoms in total. The number of rotatable bonds is 2. The van der Waals surface area contributed by atoms with Crippen molar-refractivity contribution >= 4 is 5.97 Å². The van der Waals surface area contributed by atoms with Crippen LogP contribution in [0.2, 0.25) is 0 Å². The van der Waals surface area contributed by atoms with E-state index in [1.165, 1.54) is 4.68 Å². The van der Waals surface area contributed by atoms with E-state index in [0.717, 1.165) is 6.26 Å². The summed E-state index contributed by atoms with van der Waals surface area (Å²) in [6.45, 7) is 0. The fourth-order valence-corrected chi connectivity index (χ4v) is 0.850. The lowest BCUT2D eigenvalue weighted by Gasteiger charge is -1.89. The Balaban J connectivity index is 2.39. The SMILES string of the molecule is O=C(O)c1coc(-n2cccn2)n1. The summed E-state index contributed by atoms with van der Waals surface area (Å²) in [5.74, 6) is -1.12. The lowest BCUT2D eigenvalue weighted by Crippen LogP contribution is -1.98. The molecule has 0 aliphatic rings. The average molecular weight is 179 g/mol. The molecule has 0 aromatic carbocycles. The van der Waals surface area contributed by atoms with Gasteiger partial charge >= 0.3 is 12.0 Å². The molecule has 1 N–H and O–H groups in total. The van der Waals surface area contributed by atoms with Crippen molar-refractivity contribution in [3.8, 4) is 6.01 Å². The van der Waals surface area contributed by atoms with Crippen molar-refractivity contribution in [2.45, 2.75) is 0 Å². The lowest BCUT2D eigenvalue weighted by molar-refractivity contribution is 0.0690. The van der Waals surface area contributed by atoms with Crippen LogP contribution in [0.4, 0.5) is 0 Å². The number of oxazole rings is 1. The fraction of sp³-hybridized carbons (Fsp3) is 0. The molecular formula is C7H5N3O3. The maximum absolute atomic E-state index is 10.4. The van der Waals surface area contributed by atoms with Crippen LogP contribution in [0.5, 0.6) is 0 Å². The fourth-order valence-electron chi connectivity index (χ4n) is 0.850. The molecule has 6 heteroatoms. The van der Waals surface area contributed by atoms with Crippen molar-refractivity contribution in [1.82, 2.24) is 14.8 Å². The van der Waals surface area contributed by atoms with Crippen molar-refractivity contribution in [3.05, 3.63) is 30.4 Å². The van der Waals surface area contributed by atoms with Gasteiger partial charge in [0, 0.05) is 12.4 Å². The highest BCUT2D eigenvalue weighted by Gasteiger charge is 2.11. The van der Waals surface area contributed by atoms with Crippen LogP contribution in [0.25, 0.3) is 6.01 Å². The van der Waals surface area contributed by atoms with Gasteiger partial charge in [-0.25, -0.2) is 4.79 Å². The lowest BCUT2D eigenvalue weighted by atomic mass is 10.5. The number of hydrogen-bond donors (Lipinski definition) is 1. The predicted octanol–water partition coefficient (Wildman–Crippen LogP) is 0.558. The predicted molar refractivity (Wildman–Crippen MR) is 40.6 cm³/mol. The smallest absolute Gasteiger partial charge is 0.357 e. The van der Waals surface area contributed by atoms with Crippen LogP contribution < -0.4 is 0 Å². The summed E-state index contributed by atoms with van der Waals surface area (Å²) in [5, 5.41) is 12.4. The van der Waals surface area contributed by atoms with Crippen LogP contribution >= 0.6 is 0 Å². The number of aromatic carboxylic acids is 1. The molecule has 0 aliphatic carbocycles. The summed E-state index contributed by atoms with van der Waals surface area (Å²) >= 11 is 0. The van der Waals surface area contributed by atoms with Crippen LogP contribution in [-0.2, 0) is 0 Å². The first-order chi connectivity index (χ1) is 6.27. The first-order valence-corrected chi connectivity index (χ1v) is 3.46. The zero-order valence-electron chi connectivity index (χ0n) is 6.41. The minimum Gasteiger partial charge on any atom is -0.476 e. The monoisotopic (exact) mass is 179 g/mol. The van der Waals surface area contributed by atoms with Gasteiger partial charge in [0.25, 0.3) is 0 Å². The minimum absolute atomic E-state index is 0.134. The molecule has 2 heterocycles. The maximum Gasteiger partial charge on any atom is 0.357 e. The highest BCUT2D eigenvalue weighted by Crippen LogP contribution is 2.05.